The Morgan fingerprint density at radius 2 is 1.98 bits per heavy atom. The first-order valence-corrected chi connectivity index (χ1v) is 16.1. The number of aliphatic hydroxyl groups excluding tert-OH is 2. The van der Waals surface area contributed by atoms with Gasteiger partial charge in [-0.25, -0.2) is 23.5 Å². The molecule has 0 spiro atoms. The topological polar surface area (TPSA) is 307 Å². The van der Waals surface area contributed by atoms with Gasteiger partial charge in [0.15, 0.2) is 11.8 Å². The molecule has 1 saturated heterocycles. The van der Waals surface area contributed by atoms with Gasteiger partial charge >= 0.3 is 20.1 Å². The van der Waals surface area contributed by atoms with Crippen molar-refractivity contribution in [3.63, 3.8) is 0 Å². The lowest BCUT2D eigenvalue weighted by atomic mass is 10.1. The monoisotopic (exact) mass is 649 g/mol. The van der Waals surface area contributed by atoms with Crippen LogP contribution in [0.2, 0.25) is 0 Å². The summed E-state index contributed by atoms with van der Waals surface area (Å²) in [5.74, 6) is -0.926. The number of aromatic nitrogens is 5. The zero-order chi connectivity index (χ0) is 28.8. The van der Waals surface area contributed by atoms with Gasteiger partial charge in [0.25, 0.3) is 5.95 Å². The number of ether oxygens (including phenoxy) is 1. The second-order valence-corrected chi connectivity index (χ2v) is 13.7. The summed E-state index contributed by atoms with van der Waals surface area (Å²) in [4.78, 5) is 31.3. The van der Waals surface area contributed by atoms with Crippen LogP contribution in [0.5, 0.6) is 5.88 Å². The molecule has 18 nitrogen and oxygen atoms in total. The lowest BCUT2D eigenvalue weighted by Crippen LogP contribution is -2.46. The lowest BCUT2D eigenvalue weighted by Gasteiger charge is -2.22. The van der Waals surface area contributed by atoms with E-state index in [1.54, 1.807) is 13.2 Å². The van der Waals surface area contributed by atoms with Gasteiger partial charge in [0.2, 0.25) is 6.23 Å². The average molecular weight is 650 g/mol. The second kappa shape index (κ2) is 12.9. The number of nitrogen functional groups attached to an aromatic ring is 1. The van der Waals surface area contributed by atoms with Crippen LogP contribution in [0.25, 0.3) is 22.1 Å². The van der Waals surface area contributed by atoms with Gasteiger partial charge in [-0.1, -0.05) is 23.2 Å². The Morgan fingerprint density at radius 3 is 2.71 bits per heavy atom. The largest absolute Gasteiger partial charge is 0.856 e. The number of nitrogens with two attached hydrogens (primary N) is 1. The minimum absolute atomic E-state index is 0. The normalized spacial score (nSPS) is 23.3. The number of benzene rings is 1. The van der Waals surface area contributed by atoms with E-state index in [1.807, 2.05) is 24.3 Å². The molecule has 4 heterocycles. The van der Waals surface area contributed by atoms with Crippen LogP contribution in [-0.2, 0) is 43.4 Å². The van der Waals surface area contributed by atoms with E-state index >= 15 is 0 Å². The Balaban J connectivity index is 0.00000242. The third-order valence-corrected chi connectivity index (χ3v) is 10.1. The van der Waals surface area contributed by atoms with Crippen LogP contribution < -0.4 is 32.8 Å². The summed E-state index contributed by atoms with van der Waals surface area (Å²) in [5.41, 5.74) is 7.59. The lowest BCUT2D eigenvalue weighted by molar-refractivity contribution is -0.745. The van der Waals surface area contributed by atoms with Gasteiger partial charge in [-0.15, -0.1) is 0 Å². The molecule has 6 atom stereocenters. The molecular formula is C21H33N9O9P2S. The molecule has 42 heavy (non-hydrogen) atoms. The first-order valence-electron chi connectivity index (χ1n) is 11.9. The maximum atomic E-state index is 12.5. The van der Waals surface area contributed by atoms with Crippen molar-refractivity contribution in [1.82, 2.24) is 36.9 Å². The van der Waals surface area contributed by atoms with Crippen molar-refractivity contribution < 1.29 is 47.8 Å². The van der Waals surface area contributed by atoms with Crippen molar-refractivity contribution in [1.29, 1.82) is 0 Å². The van der Waals surface area contributed by atoms with Crippen LogP contribution in [0, 0.1) is 0 Å². The van der Waals surface area contributed by atoms with Crippen molar-refractivity contribution >= 4 is 54.3 Å². The number of nitrogens with zero attached hydrogens (tertiary/aromatic N) is 4. The van der Waals surface area contributed by atoms with Crippen molar-refractivity contribution in [3.05, 3.63) is 42.4 Å². The van der Waals surface area contributed by atoms with E-state index in [-0.39, 0.29) is 36.0 Å². The fourth-order valence-electron chi connectivity index (χ4n) is 4.54. The summed E-state index contributed by atoms with van der Waals surface area (Å²) >= 11 is 4.88. The Morgan fingerprint density at radius 1 is 1.26 bits per heavy atom. The Bertz CT molecular complexity index is 1650. The van der Waals surface area contributed by atoms with Gasteiger partial charge in [-0.3, -0.25) is 4.57 Å². The Hall–Kier alpha value is -2.61. The number of rotatable bonds is 10. The molecule has 14 N–H and O–H groups in total. The fraction of sp³-hybridized carbons (Fsp3) is 0.381. The number of hydrogen-bond acceptors (Lipinski definition) is 13. The molecule has 0 aliphatic carbocycles. The summed E-state index contributed by atoms with van der Waals surface area (Å²) in [6.45, 7) is -4.86. The number of para-hydroxylation sites is 1. The van der Waals surface area contributed by atoms with Gasteiger partial charge in [-0.2, -0.15) is 0 Å². The summed E-state index contributed by atoms with van der Waals surface area (Å²) in [7, 11) is -3.03. The van der Waals surface area contributed by atoms with E-state index in [9.17, 15) is 29.7 Å². The molecule has 0 saturated carbocycles. The van der Waals surface area contributed by atoms with E-state index in [0.717, 1.165) is 16.5 Å². The van der Waals surface area contributed by atoms with E-state index in [2.05, 4.69) is 20.0 Å². The number of anilines is 1. The summed E-state index contributed by atoms with van der Waals surface area (Å²) < 4.78 is 30.9. The Kier molecular flexibility index (Phi) is 10.4. The quantitative estimate of drug-likeness (QED) is 0.0773. The minimum atomic E-state index is -4.58. The number of aliphatic hydroxyl groups is 2. The molecule has 2 unspecified atom stereocenters. The molecule has 232 valence electrons. The maximum absolute atomic E-state index is 12.5. The highest BCUT2D eigenvalue weighted by Crippen LogP contribution is 2.58. The number of hydrogen-bond donors (Lipinski definition) is 9. The highest BCUT2D eigenvalue weighted by molar-refractivity contribution is 8.08. The average Bonchev–Trinajstić information content (AvgIpc) is 3.51. The number of fused-ring (bicyclic) bond motifs is 2. The first-order chi connectivity index (χ1) is 18.8. The van der Waals surface area contributed by atoms with Crippen LogP contribution >= 0.6 is 14.5 Å². The fourth-order valence-corrected chi connectivity index (χ4v) is 7.80. The molecule has 0 bridgehead atoms. The van der Waals surface area contributed by atoms with Gasteiger partial charge in [0, 0.05) is 29.5 Å². The molecule has 1 aliphatic heterocycles. The van der Waals surface area contributed by atoms with E-state index < -0.39 is 51.5 Å². The molecular weight excluding hydrogens is 616 g/mol. The molecule has 3 aromatic heterocycles. The van der Waals surface area contributed by atoms with Crippen molar-refractivity contribution in [2.45, 2.75) is 31.0 Å². The number of nitrogens with one attached hydrogen (secondary N) is 2. The first kappa shape index (κ1) is 33.9. The van der Waals surface area contributed by atoms with Gasteiger partial charge in [0.1, 0.15) is 18.3 Å². The molecule has 5 rings (SSSR count). The second-order valence-electron chi connectivity index (χ2n) is 9.12. The van der Waals surface area contributed by atoms with Crippen LogP contribution in [0.4, 0.5) is 5.95 Å². The van der Waals surface area contributed by atoms with Gasteiger partial charge in [-0.05, 0) is 29.9 Å². The molecule has 4 aromatic rings. The minimum Gasteiger partial charge on any atom is -0.856 e. The predicted molar refractivity (Wildman–Crippen MR) is 152 cm³/mol. The maximum Gasteiger partial charge on any atom is 0.410 e. The summed E-state index contributed by atoms with van der Waals surface area (Å²) in [6.07, 6.45) is -1.92. The molecule has 1 aliphatic rings. The summed E-state index contributed by atoms with van der Waals surface area (Å²) in [5, 5.41) is 36.7. The standard InChI is InChI=1S/C21H27N7O9P2S.2H3N/c1-27-10-28(18-15(27)19(31)26-21(22)25-18)20-17(30)16(29)14(36-20)9-35-39(34,40)37-38(32,33)24-7-6-11-8-23-13-5-3-2-4-12(11)13;;/h2-5,8,10,14,16-17,20,23,29-30H,6-7,9H2,1H3,(H5-,22,24,25,26,31,32,33,34,40);2*1H3/t14-,16-,17-,20-,39?;;/m1../s1. The zero-order valence-electron chi connectivity index (χ0n) is 22.3. The van der Waals surface area contributed by atoms with Crippen molar-refractivity contribution in [3.8, 4) is 5.88 Å². The van der Waals surface area contributed by atoms with Crippen LogP contribution in [0.3, 0.4) is 0 Å². The Labute approximate surface area is 244 Å². The predicted octanol–water partition coefficient (Wildman–Crippen LogP) is -0.481. The number of aromatic amines is 1. The number of H-pyrrole nitrogens is 1. The van der Waals surface area contributed by atoms with Gasteiger partial charge < -0.3 is 57.4 Å². The third kappa shape index (κ3) is 6.95. The van der Waals surface area contributed by atoms with E-state index in [4.69, 9.17) is 31.1 Å². The van der Waals surface area contributed by atoms with E-state index in [1.165, 1.54) is 15.5 Å². The highest BCUT2D eigenvalue weighted by Gasteiger charge is 2.47. The highest BCUT2D eigenvalue weighted by atomic mass is 32.5. The molecule has 1 aromatic carbocycles. The molecule has 0 amide bonds. The zero-order valence-corrected chi connectivity index (χ0v) is 24.9. The summed E-state index contributed by atoms with van der Waals surface area (Å²) in [6, 6.07) is 7.59. The number of imidazole rings is 1. The van der Waals surface area contributed by atoms with Crippen LogP contribution in [0.1, 0.15) is 11.8 Å². The molecule has 0 radical (unpaired) electrons. The van der Waals surface area contributed by atoms with Crippen molar-refractivity contribution in [2.24, 2.45) is 7.05 Å². The molecule has 1 fully saturated rings. The van der Waals surface area contributed by atoms with Crippen LogP contribution in [-0.4, -0.2) is 71.0 Å². The van der Waals surface area contributed by atoms with Crippen LogP contribution in [0.15, 0.2) is 36.8 Å². The number of aryl methyl sites for hydroxylation is 1. The van der Waals surface area contributed by atoms with E-state index in [0.29, 0.717) is 6.42 Å². The van der Waals surface area contributed by atoms with Crippen molar-refractivity contribution in [2.75, 3.05) is 18.9 Å². The third-order valence-electron chi connectivity index (χ3n) is 6.35. The molecule has 21 heteroatoms. The van der Waals surface area contributed by atoms with Gasteiger partial charge in [0.05, 0.1) is 13.7 Å². The smallest absolute Gasteiger partial charge is 0.410 e. The SMILES string of the molecule is Cn1c[n+]([C@@H]2O[C@H](COP(O)(=S)OP(=O)(O)NCCc3c[nH]c4ccccc34)[C@@H](O)[C@H]2O)c2nc(N)nc([O-])c21.N.N.